The third-order valence-corrected chi connectivity index (χ3v) is 16.2. The Labute approximate surface area is 596 Å². The minimum absolute atomic E-state index is 0.180. The van der Waals surface area contributed by atoms with E-state index in [1.165, 1.54) is 122 Å². The molecule has 0 aliphatic carbocycles. The van der Waals surface area contributed by atoms with Crippen LogP contribution >= 0.6 is 0 Å². The number of quaternary nitrogens is 1. The third-order valence-electron chi connectivity index (χ3n) is 16.2. The van der Waals surface area contributed by atoms with Crippen molar-refractivity contribution in [1.29, 1.82) is 0 Å². The Bertz CT molecular complexity index is 2260. The maximum atomic E-state index is 13.0. The number of esters is 2. The Balaban J connectivity index is 4.11. The predicted molar refractivity (Wildman–Crippen MR) is 419 cm³/mol. The van der Waals surface area contributed by atoms with Crippen LogP contribution in [0.25, 0.3) is 0 Å². The third kappa shape index (κ3) is 77.6. The van der Waals surface area contributed by atoms with E-state index in [9.17, 15) is 19.5 Å². The SMILES string of the molecule is CC/C=C\C/C=C\C/C=C\C/C=C\C/C=C\C/C=C\C/C=C\C/C=C\CCCCCCCCCCCCCCCCC(=O)OC(COC(=O)CCCCCCCCCCCCC/C=C\C/C=C\C/C=C\C/C=C\C/C=C\C/C=C\C/C=C\CC)COC(OCC[N+](C)(C)C)C(=O)O. The van der Waals surface area contributed by atoms with E-state index in [1.54, 1.807) is 0 Å². The molecule has 0 aliphatic rings. The number of hydrogen-bond donors (Lipinski definition) is 1. The standard InChI is InChI=1S/C88H143NO8/c1-6-8-10-12-14-16-18-20-22-24-26-28-30-32-34-36-38-40-41-42-43-44-45-47-49-51-53-55-57-59-61-63-65-67-69-71-73-75-77-79-86(91)97-84(83-96-88(87(92)93)94-81-80-89(3,4)5)82-95-85(90)78-76-74-72-70-68-66-64-62-60-58-56-54-52-50-48-46-39-37-35-33-31-29-27-25-23-21-19-17-15-13-11-9-7-2/h8-11,14-17,20-23,26-29,32-35,38-40,42-43,45-47,50,52,84,88H,6-7,12-13,18-19,24-25,30-31,36-37,41,44,48-49,51,53-83H2,1-5H3/p+1/b10-8-,11-9-,16-14-,17-15-,22-20-,23-21-,28-26-,29-27-,34-32-,35-33-,40-38-,43-42-,46-39-,47-45-,52-50-. The minimum atomic E-state index is -1.52. The van der Waals surface area contributed by atoms with Gasteiger partial charge in [0.05, 0.1) is 34.4 Å². The first kappa shape index (κ1) is 91.4. The van der Waals surface area contributed by atoms with E-state index in [4.69, 9.17) is 18.9 Å². The zero-order valence-corrected chi connectivity index (χ0v) is 62.7. The molecule has 0 aliphatic heterocycles. The molecule has 9 heteroatoms. The zero-order chi connectivity index (χ0) is 70.4. The molecule has 0 aromatic heterocycles. The average molecular weight is 1340 g/mol. The van der Waals surface area contributed by atoms with Crippen LogP contribution < -0.4 is 0 Å². The fraction of sp³-hybridized carbons (Fsp3) is 0.625. The van der Waals surface area contributed by atoms with Gasteiger partial charge in [-0.1, -0.05) is 331 Å². The van der Waals surface area contributed by atoms with Crippen molar-refractivity contribution >= 4 is 17.9 Å². The molecule has 0 spiro atoms. The smallest absolute Gasteiger partial charge is 0.361 e. The Morgan fingerprint density at radius 3 is 0.825 bits per heavy atom. The highest BCUT2D eigenvalue weighted by molar-refractivity contribution is 5.71. The molecule has 97 heavy (non-hydrogen) atoms. The number of unbranched alkanes of at least 4 members (excludes halogenated alkanes) is 25. The summed E-state index contributed by atoms with van der Waals surface area (Å²) in [6.07, 6.45) is 113. The monoisotopic (exact) mass is 1340 g/mol. The van der Waals surface area contributed by atoms with Crippen molar-refractivity contribution in [3.8, 4) is 0 Å². The number of aliphatic carboxylic acids is 1. The maximum Gasteiger partial charge on any atom is 0.361 e. The first-order chi connectivity index (χ1) is 47.6. The van der Waals surface area contributed by atoms with Gasteiger partial charge in [0.2, 0.25) is 0 Å². The van der Waals surface area contributed by atoms with Crippen molar-refractivity contribution in [2.45, 2.75) is 309 Å². The number of rotatable bonds is 70. The number of carboxylic acids is 1. The van der Waals surface area contributed by atoms with E-state index < -0.39 is 24.3 Å². The summed E-state index contributed by atoms with van der Waals surface area (Å²) in [7, 11) is 5.97. The lowest BCUT2D eigenvalue weighted by molar-refractivity contribution is -0.870. The van der Waals surface area contributed by atoms with Crippen molar-refractivity contribution in [3.05, 3.63) is 182 Å². The molecular formula is C88H144NO8+. The molecular weight excluding hydrogens is 1200 g/mol. The van der Waals surface area contributed by atoms with Crippen LogP contribution in [-0.4, -0.2) is 87.4 Å². The molecule has 0 saturated carbocycles. The van der Waals surface area contributed by atoms with Crippen molar-refractivity contribution in [2.24, 2.45) is 0 Å². The predicted octanol–water partition coefficient (Wildman–Crippen LogP) is 25.1. The van der Waals surface area contributed by atoms with Gasteiger partial charge in [0.15, 0.2) is 6.10 Å². The normalized spacial score (nSPS) is 13.7. The van der Waals surface area contributed by atoms with Crippen molar-refractivity contribution in [3.63, 3.8) is 0 Å². The lowest BCUT2D eigenvalue weighted by Gasteiger charge is -2.25. The van der Waals surface area contributed by atoms with E-state index >= 15 is 0 Å². The highest BCUT2D eigenvalue weighted by Gasteiger charge is 2.25. The molecule has 0 fully saturated rings. The molecule has 0 saturated heterocycles. The van der Waals surface area contributed by atoms with Gasteiger partial charge in [-0.15, -0.1) is 0 Å². The molecule has 0 aromatic rings. The molecule has 0 rings (SSSR count). The van der Waals surface area contributed by atoms with Crippen LogP contribution in [0.15, 0.2) is 182 Å². The van der Waals surface area contributed by atoms with E-state index in [0.717, 1.165) is 141 Å². The zero-order valence-electron chi connectivity index (χ0n) is 62.7. The van der Waals surface area contributed by atoms with Crippen LogP contribution in [0.3, 0.4) is 0 Å². The van der Waals surface area contributed by atoms with Gasteiger partial charge in [0, 0.05) is 12.8 Å². The van der Waals surface area contributed by atoms with Crippen LogP contribution in [0.1, 0.15) is 296 Å². The van der Waals surface area contributed by atoms with Gasteiger partial charge < -0.3 is 28.5 Å². The second-order valence-corrected chi connectivity index (χ2v) is 26.6. The minimum Gasteiger partial charge on any atom is -0.477 e. The summed E-state index contributed by atoms with van der Waals surface area (Å²) in [6.45, 7) is 4.65. The Kier molecular flexibility index (Phi) is 71.7. The number of allylic oxidation sites excluding steroid dienone is 30. The Morgan fingerprint density at radius 1 is 0.309 bits per heavy atom. The number of carbonyl (C=O) groups excluding carboxylic acids is 2. The van der Waals surface area contributed by atoms with E-state index in [0.29, 0.717) is 17.4 Å². The quantitative estimate of drug-likeness (QED) is 0.0211. The maximum absolute atomic E-state index is 13.0. The van der Waals surface area contributed by atoms with Crippen molar-refractivity contribution < 1.29 is 42.9 Å². The van der Waals surface area contributed by atoms with Gasteiger partial charge in [-0.3, -0.25) is 9.59 Å². The van der Waals surface area contributed by atoms with Gasteiger partial charge in [-0.05, 0) is 135 Å². The largest absolute Gasteiger partial charge is 0.477 e. The van der Waals surface area contributed by atoms with Crippen LogP contribution in [0.4, 0.5) is 0 Å². The van der Waals surface area contributed by atoms with Crippen LogP contribution in [0.5, 0.6) is 0 Å². The molecule has 2 atom stereocenters. The summed E-state index contributed by atoms with van der Waals surface area (Å²) in [5.41, 5.74) is 0. The van der Waals surface area contributed by atoms with Gasteiger partial charge in [0.25, 0.3) is 6.29 Å². The Hall–Kier alpha value is -5.61. The number of carboxylic acid groups (broad SMARTS) is 1. The molecule has 9 nitrogen and oxygen atoms in total. The van der Waals surface area contributed by atoms with Crippen LogP contribution in [0, 0.1) is 0 Å². The average Bonchev–Trinajstić information content (AvgIpc) is 2.39. The fourth-order valence-corrected chi connectivity index (χ4v) is 10.3. The summed E-state index contributed by atoms with van der Waals surface area (Å²) in [6, 6.07) is 0. The van der Waals surface area contributed by atoms with Crippen LogP contribution in [-0.2, 0) is 33.3 Å². The molecule has 1 N–H and O–H groups in total. The number of ether oxygens (including phenoxy) is 4. The summed E-state index contributed by atoms with van der Waals surface area (Å²) in [5.74, 6) is -2.02. The summed E-state index contributed by atoms with van der Waals surface area (Å²) >= 11 is 0. The van der Waals surface area contributed by atoms with Crippen LogP contribution in [0.2, 0.25) is 0 Å². The molecule has 0 amide bonds. The topological polar surface area (TPSA) is 108 Å². The second-order valence-electron chi connectivity index (χ2n) is 26.6. The number of carbonyl (C=O) groups is 3. The van der Waals surface area contributed by atoms with Crippen molar-refractivity contribution in [2.75, 3.05) is 47.5 Å². The molecule has 0 bridgehead atoms. The molecule has 548 valence electrons. The van der Waals surface area contributed by atoms with Crippen molar-refractivity contribution in [1.82, 2.24) is 0 Å². The number of hydrogen-bond acceptors (Lipinski definition) is 7. The molecule has 2 unspecified atom stereocenters. The lowest BCUT2D eigenvalue weighted by Crippen LogP contribution is -2.40. The Morgan fingerprint density at radius 2 is 0.557 bits per heavy atom. The van der Waals surface area contributed by atoms with Gasteiger partial charge >= 0.3 is 17.9 Å². The first-order valence-corrected chi connectivity index (χ1v) is 38.9. The van der Waals surface area contributed by atoms with E-state index in [1.807, 2.05) is 21.1 Å². The fourth-order valence-electron chi connectivity index (χ4n) is 10.3. The summed E-state index contributed by atoms with van der Waals surface area (Å²) in [5, 5.41) is 9.77. The summed E-state index contributed by atoms with van der Waals surface area (Å²) < 4.78 is 23.0. The first-order valence-electron chi connectivity index (χ1n) is 38.9. The summed E-state index contributed by atoms with van der Waals surface area (Å²) in [4.78, 5) is 37.7. The van der Waals surface area contributed by atoms with Gasteiger partial charge in [0.1, 0.15) is 13.2 Å². The second kappa shape index (κ2) is 76.1. The van der Waals surface area contributed by atoms with Gasteiger partial charge in [-0.25, -0.2) is 4.79 Å². The lowest BCUT2D eigenvalue weighted by atomic mass is 10.0. The number of nitrogens with zero attached hydrogens (tertiary/aromatic N) is 1. The highest BCUT2D eigenvalue weighted by Crippen LogP contribution is 2.17. The molecule has 0 heterocycles. The molecule has 0 radical (unpaired) electrons. The molecule has 0 aromatic carbocycles. The van der Waals surface area contributed by atoms with E-state index in [2.05, 4.69) is 196 Å². The van der Waals surface area contributed by atoms with E-state index in [-0.39, 0.29) is 38.6 Å². The highest BCUT2D eigenvalue weighted by atomic mass is 16.7. The number of likely N-dealkylation sites (N-methyl/N-ethyl adjacent to an activating group) is 1. The van der Waals surface area contributed by atoms with Gasteiger partial charge in [-0.2, -0.15) is 0 Å².